The first kappa shape index (κ1) is 12.3. The normalized spacial score (nSPS) is 21.5. The van der Waals surface area contributed by atoms with Crippen molar-refractivity contribution in [2.24, 2.45) is 5.41 Å². The summed E-state index contributed by atoms with van der Waals surface area (Å²) in [7, 11) is 0. The van der Waals surface area contributed by atoms with Gasteiger partial charge in [0.2, 0.25) is 0 Å². The van der Waals surface area contributed by atoms with Crippen molar-refractivity contribution in [3.8, 4) is 6.07 Å². The van der Waals surface area contributed by atoms with Crippen LogP contribution < -0.4 is 0 Å². The average Bonchev–Trinajstić information content (AvgIpc) is 3.06. The van der Waals surface area contributed by atoms with Gasteiger partial charge in [0.05, 0.1) is 5.56 Å². The first-order valence-electron chi connectivity index (χ1n) is 7.10. The minimum Gasteiger partial charge on any atom is -0.356 e. The van der Waals surface area contributed by atoms with Gasteiger partial charge >= 0.3 is 0 Å². The summed E-state index contributed by atoms with van der Waals surface area (Å²) < 4.78 is 0. The summed E-state index contributed by atoms with van der Waals surface area (Å²) in [6.45, 7) is 1.76. The van der Waals surface area contributed by atoms with Gasteiger partial charge in [-0.25, -0.2) is 0 Å². The van der Waals surface area contributed by atoms with Crippen LogP contribution in [0.3, 0.4) is 0 Å². The molecule has 1 aromatic heterocycles. The topological polar surface area (TPSA) is 59.9 Å². The molecule has 2 fully saturated rings. The largest absolute Gasteiger partial charge is 0.356 e. The zero-order chi connectivity index (χ0) is 13.3. The molecule has 0 radical (unpaired) electrons. The molecule has 19 heavy (non-hydrogen) atoms. The fourth-order valence-corrected chi connectivity index (χ4v) is 3.57. The Morgan fingerprint density at radius 1 is 1.32 bits per heavy atom. The predicted octanol–water partition coefficient (Wildman–Crippen LogP) is 2.68. The summed E-state index contributed by atoms with van der Waals surface area (Å²) in [5.41, 5.74) is 1.46. The predicted molar refractivity (Wildman–Crippen MR) is 71.5 cm³/mol. The molecular weight excluding hydrogens is 238 g/mol. The molecule has 1 amide bonds. The van der Waals surface area contributed by atoms with Crippen LogP contribution >= 0.6 is 0 Å². The molecule has 4 nitrogen and oxygen atoms in total. The molecule has 0 atom stereocenters. The molecule has 0 bridgehead atoms. The number of nitriles is 1. The van der Waals surface area contributed by atoms with Crippen molar-refractivity contribution in [1.82, 2.24) is 9.88 Å². The highest BCUT2D eigenvalue weighted by molar-refractivity contribution is 5.93. The molecule has 1 spiro atoms. The molecule has 4 heteroatoms. The number of carbonyl (C=O) groups excluding carboxylic acids is 1. The van der Waals surface area contributed by atoms with E-state index in [0.29, 0.717) is 16.7 Å². The fourth-order valence-electron chi connectivity index (χ4n) is 3.57. The summed E-state index contributed by atoms with van der Waals surface area (Å²) in [5.74, 6) is 0.0453. The molecule has 0 aromatic carbocycles. The summed E-state index contributed by atoms with van der Waals surface area (Å²) in [6.07, 6.45) is 9.24. The number of nitrogens with one attached hydrogen (secondary N) is 1. The lowest BCUT2D eigenvalue weighted by Gasteiger charge is -2.33. The van der Waals surface area contributed by atoms with Crippen molar-refractivity contribution >= 4 is 5.91 Å². The number of nitrogens with zero attached hydrogens (tertiary/aromatic N) is 2. The van der Waals surface area contributed by atoms with Crippen LogP contribution in [0.5, 0.6) is 0 Å². The lowest BCUT2D eigenvalue weighted by atomic mass is 9.73. The van der Waals surface area contributed by atoms with Gasteiger partial charge in [0.15, 0.2) is 0 Å². The molecule has 0 unspecified atom stereocenters. The molecule has 1 N–H and O–H groups in total. The lowest BCUT2D eigenvalue weighted by molar-refractivity contribution is 0.0754. The van der Waals surface area contributed by atoms with Gasteiger partial charge in [-0.1, -0.05) is 19.3 Å². The van der Waals surface area contributed by atoms with Gasteiger partial charge in [-0.2, -0.15) is 5.26 Å². The molecule has 1 aromatic rings. The number of aromatic amines is 1. The van der Waals surface area contributed by atoms with E-state index >= 15 is 0 Å². The smallest absolute Gasteiger partial charge is 0.270 e. The Morgan fingerprint density at radius 2 is 2.11 bits per heavy atom. The average molecular weight is 257 g/mol. The first-order chi connectivity index (χ1) is 9.22. The van der Waals surface area contributed by atoms with Gasteiger partial charge in [-0.3, -0.25) is 4.79 Å². The highest BCUT2D eigenvalue weighted by atomic mass is 16.2. The van der Waals surface area contributed by atoms with Crippen LogP contribution in [0.1, 0.15) is 54.6 Å². The Bertz CT molecular complexity index is 520. The van der Waals surface area contributed by atoms with Gasteiger partial charge in [-0.15, -0.1) is 0 Å². The third-order valence-corrected chi connectivity index (χ3v) is 4.68. The minimum atomic E-state index is 0.0453. The molecular formula is C15H19N3O. The molecule has 1 saturated carbocycles. The van der Waals surface area contributed by atoms with Crippen LogP contribution in [0.25, 0.3) is 0 Å². The van der Waals surface area contributed by atoms with E-state index in [2.05, 4.69) is 4.98 Å². The SMILES string of the molecule is N#Cc1c[nH]c(C(=O)N2CCC3(CCCCC3)C2)c1. The third kappa shape index (κ3) is 2.25. The number of carbonyl (C=O) groups is 1. The van der Waals surface area contributed by atoms with Crippen LogP contribution in [0.2, 0.25) is 0 Å². The molecule has 100 valence electrons. The quantitative estimate of drug-likeness (QED) is 0.840. The maximum atomic E-state index is 12.4. The maximum Gasteiger partial charge on any atom is 0.270 e. The van der Waals surface area contributed by atoms with E-state index in [4.69, 9.17) is 5.26 Å². The van der Waals surface area contributed by atoms with Crippen LogP contribution in [0, 0.1) is 16.7 Å². The highest BCUT2D eigenvalue weighted by Crippen LogP contribution is 2.43. The lowest BCUT2D eigenvalue weighted by Crippen LogP contribution is -2.33. The van der Waals surface area contributed by atoms with Gasteiger partial charge in [0.25, 0.3) is 5.91 Å². The van der Waals surface area contributed by atoms with E-state index in [-0.39, 0.29) is 5.91 Å². The second-order valence-electron chi connectivity index (χ2n) is 5.95. The molecule has 2 heterocycles. The minimum absolute atomic E-state index is 0.0453. The van der Waals surface area contributed by atoms with Crippen LogP contribution in [0.4, 0.5) is 0 Å². The molecule has 1 aliphatic carbocycles. The summed E-state index contributed by atoms with van der Waals surface area (Å²) >= 11 is 0. The standard InChI is InChI=1S/C15H19N3O/c16-9-12-8-13(17-10-12)14(19)18-7-6-15(11-18)4-2-1-3-5-15/h8,10,17H,1-7,11H2. The van der Waals surface area contributed by atoms with Crippen molar-refractivity contribution in [1.29, 1.82) is 5.26 Å². The molecule has 1 aliphatic heterocycles. The third-order valence-electron chi connectivity index (χ3n) is 4.68. The molecule has 3 rings (SSSR count). The van der Waals surface area contributed by atoms with Gasteiger partial charge in [0.1, 0.15) is 11.8 Å². The van der Waals surface area contributed by atoms with E-state index in [1.54, 1.807) is 12.3 Å². The van der Waals surface area contributed by atoms with Crippen molar-refractivity contribution in [2.75, 3.05) is 13.1 Å². The second-order valence-corrected chi connectivity index (χ2v) is 5.95. The number of likely N-dealkylation sites (tertiary alicyclic amines) is 1. The molecule has 1 saturated heterocycles. The number of hydrogen-bond acceptors (Lipinski definition) is 2. The fraction of sp³-hybridized carbons (Fsp3) is 0.600. The number of H-pyrrole nitrogens is 1. The number of aromatic nitrogens is 1. The number of rotatable bonds is 1. The Morgan fingerprint density at radius 3 is 2.79 bits per heavy atom. The van der Waals surface area contributed by atoms with Gasteiger partial charge in [0, 0.05) is 19.3 Å². The molecule has 2 aliphatic rings. The van der Waals surface area contributed by atoms with Gasteiger partial charge in [-0.05, 0) is 30.7 Å². The van der Waals surface area contributed by atoms with Crippen LogP contribution in [-0.2, 0) is 0 Å². The van der Waals surface area contributed by atoms with Crippen molar-refractivity contribution in [3.63, 3.8) is 0 Å². The summed E-state index contributed by atoms with van der Waals surface area (Å²) in [4.78, 5) is 17.3. The number of amides is 1. The Hall–Kier alpha value is -1.76. The Balaban J connectivity index is 1.70. The second kappa shape index (κ2) is 4.73. The monoisotopic (exact) mass is 257 g/mol. The van der Waals surface area contributed by atoms with E-state index in [9.17, 15) is 4.79 Å². The number of hydrogen-bond donors (Lipinski definition) is 1. The van der Waals surface area contributed by atoms with E-state index in [1.165, 1.54) is 32.1 Å². The Kier molecular flexibility index (Phi) is 3.06. The van der Waals surface area contributed by atoms with E-state index in [0.717, 1.165) is 19.5 Å². The van der Waals surface area contributed by atoms with Crippen LogP contribution in [-0.4, -0.2) is 28.9 Å². The zero-order valence-electron chi connectivity index (χ0n) is 11.1. The van der Waals surface area contributed by atoms with Crippen molar-refractivity contribution in [3.05, 3.63) is 23.5 Å². The Labute approximate surface area is 113 Å². The van der Waals surface area contributed by atoms with Crippen molar-refractivity contribution < 1.29 is 4.79 Å². The zero-order valence-corrected chi connectivity index (χ0v) is 11.1. The summed E-state index contributed by atoms with van der Waals surface area (Å²) in [6, 6.07) is 3.69. The highest BCUT2D eigenvalue weighted by Gasteiger charge is 2.40. The maximum absolute atomic E-state index is 12.4. The van der Waals surface area contributed by atoms with E-state index in [1.807, 2.05) is 11.0 Å². The first-order valence-corrected chi connectivity index (χ1v) is 7.10. The van der Waals surface area contributed by atoms with E-state index < -0.39 is 0 Å². The van der Waals surface area contributed by atoms with Gasteiger partial charge < -0.3 is 9.88 Å². The summed E-state index contributed by atoms with van der Waals surface area (Å²) in [5, 5.41) is 8.80. The van der Waals surface area contributed by atoms with Crippen molar-refractivity contribution in [2.45, 2.75) is 38.5 Å². The van der Waals surface area contributed by atoms with Crippen LogP contribution in [0.15, 0.2) is 12.3 Å².